The van der Waals surface area contributed by atoms with Crippen molar-refractivity contribution in [3.8, 4) is 0 Å². The number of anilines is 2. The highest BCUT2D eigenvalue weighted by Crippen LogP contribution is 2.26. The lowest BCUT2D eigenvalue weighted by molar-refractivity contribution is 0.578. The van der Waals surface area contributed by atoms with Gasteiger partial charge in [0, 0.05) is 30.0 Å². The van der Waals surface area contributed by atoms with Crippen LogP contribution in [-0.4, -0.2) is 13.1 Å². The molecule has 2 nitrogen and oxygen atoms in total. The Morgan fingerprint density at radius 3 is 2.55 bits per heavy atom. The first-order chi connectivity index (χ1) is 10.7. The molecule has 116 valence electrons. The van der Waals surface area contributed by atoms with Crippen LogP contribution in [0.1, 0.15) is 37.8 Å². The van der Waals surface area contributed by atoms with E-state index in [0.29, 0.717) is 5.56 Å². The molecule has 3 heteroatoms. The van der Waals surface area contributed by atoms with Crippen LogP contribution in [0.2, 0.25) is 0 Å². The molecule has 1 aliphatic heterocycles. The Morgan fingerprint density at radius 2 is 1.77 bits per heavy atom. The fourth-order valence-electron chi connectivity index (χ4n) is 3.10. The fourth-order valence-corrected chi connectivity index (χ4v) is 3.10. The summed E-state index contributed by atoms with van der Waals surface area (Å²) >= 11 is 0. The predicted molar refractivity (Wildman–Crippen MR) is 90.9 cm³/mol. The van der Waals surface area contributed by atoms with Gasteiger partial charge in [0.2, 0.25) is 0 Å². The number of nitrogens with zero attached hydrogens (tertiary/aromatic N) is 1. The summed E-state index contributed by atoms with van der Waals surface area (Å²) in [4.78, 5) is 2.43. The van der Waals surface area contributed by atoms with Gasteiger partial charge in [0.1, 0.15) is 5.82 Å². The van der Waals surface area contributed by atoms with Crippen LogP contribution < -0.4 is 10.2 Å². The minimum atomic E-state index is -0.158. The lowest BCUT2D eigenvalue weighted by Crippen LogP contribution is -2.29. The van der Waals surface area contributed by atoms with Gasteiger partial charge in [0.25, 0.3) is 0 Å². The number of hydrogen-bond acceptors (Lipinski definition) is 2. The normalized spacial score (nSPS) is 16.4. The summed E-state index contributed by atoms with van der Waals surface area (Å²) in [6.07, 6.45) is 3.87. The van der Waals surface area contributed by atoms with Crippen molar-refractivity contribution >= 4 is 11.4 Å². The molecule has 0 aliphatic carbocycles. The molecule has 0 spiro atoms. The highest BCUT2D eigenvalue weighted by Gasteiger charge is 2.13. The van der Waals surface area contributed by atoms with E-state index >= 15 is 0 Å². The van der Waals surface area contributed by atoms with Crippen molar-refractivity contribution in [2.24, 2.45) is 0 Å². The van der Waals surface area contributed by atoms with Gasteiger partial charge in [-0.3, -0.25) is 0 Å². The standard InChI is InChI=1S/C19H23FN2/c1-15(18-10-3-4-11-19(18)20)21-16-8-7-9-17(14-16)22-12-5-2-6-13-22/h3-4,7-11,14-15,21H,2,5-6,12-13H2,1H3. The third-order valence-electron chi connectivity index (χ3n) is 4.32. The molecule has 22 heavy (non-hydrogen) atoms. The molecule has 1 saturated heterocycles. The van der Waals surface area contributed by atoms with Crippen LogP contribution in [0.4, 0.5) is 15.8 Å². The average Bonchev–Trinajstić information content (AvgIpc) is 2.56. The minimum absolute atomic E-state index is 0.0576. The van der Waals surface area contributed by atoms with Crippen LogP contribution >= 0.6 is 0 Å². The maximum atomic E-state index is 13.9. The van der Waals surface area contributed by atoms with Crippen LogP contribution in [0, 0.1) is 5.82 Å². The fraction of sp³-hybridized carbons (Fsp3) is 0.368. The van der Waals surface area contributed by atoms with Gasteiger partial charge >= 0.3 is 0 Å². The largest absolute Gasteiger partial charge is 0.378 e. The van der Waals surface area contributed by atoms with Crippen molar-refractivity contribution in [2.45, 2.75) is 32.2 Å². The summed E-state index contributed by atoms with van der Waals surface area (Å²) in [7, 11) is 0. The van der Waals surface area contributed by atoms with E-state index in [1.165, 1.54) is 31.0 Å². The molecule has 1 unspecified atom stereocenters. The number of nitrogens with one attached hydrogen (secondary N) is 1. The Bertz CT molecular complexity index is 620. The van der Waals surface area contributed by atoms with Gasteiger partial charge in [-0.05, 0) is 50.5 Å². The molecule has 0 amide bonds. The van der Waals surface area contributed by atoms with Crippen molar-refractivity contribution in [1.29, 1.82) is 0 Å². The zero-order valence-electron chi connectivity index (χ0n) is 13.1. The van der Waals surface area contributed by atoms with Crippen molar-refractivity contribution in [3.63, 3.8) is 0 Å². The molecule has 0 saturated carbocycles. The quantitative estimate of drug-likeness (QED) is 0.855. The highest BCUT2D eigenvalue weighted by atomic mass is 19.1. The second-order valence-corrected chi connectivity index (χ2v) is 5.99. The van der Waals surface area contributed by atoms with E-state index in [2.05, 4.69) is 28.4 Å². The lowest BCUT2D eigenvalue weighted by Gasteiger charge is -2.29. The first-order valence-electron chi connectivity index (χ1n) is 8.10. The van der Waals surface area contributed by atoms with Gasteiger partial charge in [-0.15, -0.1) is 0 Å². The average molecular weight is 298 g/mol. The minimum Gasteiger partial charge on any atom is -0.378 e. The summed E-state index contributed by atoms with van der Waals surface area (Å²) in [5.41, 5.74) is 3.00. The van der Waals surface area contributed by atoms with Crippen LogP contribution in [0.5, 0.6) is 0 Å². The van der Waals surface area contributed by atoms with E-state index < -0.39 is 0 Å². The maximum Gasteiger partial charge on any atom is 0.128 e. The van der Waals surface area contributed by atoms with Gasteiger partial charge in [-0.1, -0.05) is 24.3 Å². The van der Waals surface area contributed by atoms with E-state index in [0.717, 1.165) is 18.8 Å². The number of halogens is 1. The van der Waals surface area contributed by atoms with Crippen LogP contribution in [0.25, 0.3) is 0 Å². The lowest BCUT2D eigenvalue weighted by atomic mass is 10.1. The van der Waals surface area contributed by atoms with E-state index in [-0.39, 0.29) is 11.9 Å². The third kappa shape index (κ3) is 3.41. The zero-order valence-corrected chi connectivity index (χ0v) is 13.1. The maximum absolute atomic E-state index is 13.9. The van der Waals surface area contributed by atoms with Gasteiger partial charge in [0.15, 0.2) is 0 Å². The zero-order chi connectivity index (χ0) is 15.4. The number of piperidine rings is 1. The summed E-state index contributed by atoms with van der Waals surface area (Å²) in [6.45, 7) is 4.25. The van der Waals surface area contributed by atoms with Gasteiger partial charge in [-0.25, -0.2) is 4.39 Å². The second kappa shape index (κ2) is 6.82. The van der Waals surface area contributed by atoms with Gasteiger partial charge in [-0.2, -0.15) is 0 Å². The van der Waals surface area contributed by atoms with Crippen LogP contribution in [-0.2, 0) is 0 Å². The van der Waals surface area contributed by atoms with Crippen LogP contribution in [0.15, 0.2) is 48.5 Å². The molecule has 2 aromatic carbocycles. The number of hydrogen-bond donors (Lipinski definition) is 1. The molecule has 0 bridgehead atoms. The summed E-state index contributed by atoms with van der Waals surface area (Å²) in [5, 5.41) is 3.41. The Morgan fingerprint density at radius 1 is 1.00 bits per heavy atom. The number of rotatable bonds is 4. The Hall–Kier alpha value is -2.03. The predicted octanol–water partition coefficient (Wildman–Crippen LogP) is 4.99. The summed E-state index contributed by atoms with van der Waals surface area (Å²) < 4.78 is 13.9. The Labute approximate surface area is 132 Å². The van der Waals surface area contributed by atoms with Crippen molar-refractivity contribution in [1.82, 2.24) is 0 Å². The molecule has 0 aromatic heterocycles. The van der Waals surface area contributed by atoms with E-state index in [9.17, 15) is 4.39 Å². The van der Waals surface area contributed by atoms with E-state index in [1.807, 2.05) is 25.1 Å². The first-order valence-corrected chi connectivity index (χ1v) is 8.10. The Kier molecular flexibility index (Phi) is 4.62. The topological polar surface area (TPSA) is 15.3 Å². The molecule has 1 heterocycles. The molecule has 1 aliphatic rings. The Balaban J connectivity index is 1.73. The van der Waals surface area contributed by atoms with Crippen molar-refractivity contribution in [2.75, 3.05) is 23.3 Å². The molecule has 3 rings (SSSR count). The molecule has 1 N–H and O–H groups in total. The van der Waals surface area contributed by atoms with Crippen molar-refractivity contribution < 1.29 is 4.39 Å². The number of benzene rings is 2. The molecular weight excluding hydrogens is 275 g/mol. The molecule has 1 fully saturated rings. The molecule has 2 aromatic rings. The highest BCUT2D eigenvalue weighted by molar-refractivity contribution is 5.59. The van der Waals surface area contributed by atoms with E-state index in [1.54, 1.807) is 6.07 Å². The van der Waals surface area contributed by atoms with Gasteiger partial charge < -0.3 is 10.2 Å². The SMILES string of the molecule is CC(Nc1cccc(N2CCCCC2)c1)c1ccccc1F. The summed E-state index contributed by atoms with van der Waals surface area (Å²) in [6, 6.07) is 15.3. The molecule has 1 atom stereocenters. The monoisotopic (exact) mass is 298 g/mol. The summed E-state index contributed by atoms with van der Waals surface area (Å²) in [5.74, 6) is -0.158. The van der Waals surface area contributed by atoms with E-state index in [4.69, 9.17) is 0 Å². The first kappa shape index (κ1) is 14.9. The smallest absolute Gasteiger partial charge is 0.128 e. The third-order valence-corrected chi connectivity index (χ3v) is 4.32. The van der Waals surface area contributed by atoms with Crippen molar-refractivity contribution in [3.05, 3.63) is 59.9 Å². The van der Waals surface area contributed by atoms with Crippen LogP contribution in [0.3, 0.4) is 0 Å². The molecular formula is C19H23FN2. The molecule has 0 radical (unpaired) electrons. The second-order valence-electron chi connectivity index (χ2n) is 5.99. The van der Waals surface area contributed by atoms with Gasteiger partial charge in [0.05, 0.1) is 6.04 Å².